The molecule has 0 unspecified atom stereocenters. The van der Waals surface area contributed by atoms with Gasteiger partial charge in [0.2, 0.25) is 0 Å². The Kier molecular flexibility index (Phi) is 4.94. The number of carbonyl (C=O) groups is 1. The van der Waals surface area contributed by atoms with Crippen LogP contribution >= 0.6 is 0 Å². The SMILES string of the molecule is Cn1ccnc1[C@@H](NC(=O)Nc1ccc(C#N)cc1)c1ccccc1F. The van der Waals surface area contributed by atoms with Gasteiger partial charge in [-0.1, -0.05) is 18.2 Å². The van der Waals surface area contributed by atoms with E-state index in [1.807, 2.05) is 6.07 Å². The topological polar surface area (TPSA) is 82.7 Å². The van der Waals surface area contributed by atoms with E-state index in [2.05, 4.69) is 15.6 Å². The zero-order valence-corrected chi connectivity index (χ0v) is 14.0. The second-order valence-electron chi connectivity index (χ2n) is 5.64. The molecule has 6 nitrogen and oxygen atoms in total. The highest BCUT2D eigenvalue weighted by molar-refractivity contribution is 5.89. The van der Waals surface area contributed by atoms with Crippen molar-refractivity contribution in [2.45, 2.75) is 6.04 Å². The number of nitrogens with one attached hydrogen (secondary N) is 2. The van der Waals surface area contributed by atoms with Gasteiger partial charge in [-0.25, -0.2) is 14.2 Å². The smallest absolute Gasteiger partial charge is 0.320 e. The van der Waals surface area contributed by atoms with Crippen molar-refractivity contribution in [1.29, 1.82) is 5.26 Å². The average Bonchev–Trinajstić information content (AvgIpc) is 3.07. The van der Waals surface area contributed by atoms with Crippen molar-refractivity contribution in [3.8, 4) is 6.07 Å². The number of amides is 2. The zero-order valence-electron chi connectivity index (χ0n) is 14.0. The predicted octanol–water partition coefficient (Wildman–Crippen LogP) is 3.34. The lowest BCUT2D eigenvalue weighted by Crippen LogP contribution is -2.35. The minimum atomic E-state index is -0.755. The Bertz CT molecular complexity index is 959. The highest BCUT2D eigenvalue weighted by atomic mass is 19.1. The van der Waals surface area contributed by atoms with Crippen LogP contribution in [-0.2, 0) is 7.05 Å². The molecule has 26 heavy (non-hydrogen) atoms. The second-order valence-corrected chi connectivity index (χ2v) is 5.64. The van der Waals surface area contributed by atoms with Crippen molar-refractivity contribution < 1.29 is 9.18 Å². The minimum absolute atomic E-state index is 0.316. The van der Waals surface area contributed by atoms with Crippen LogP contribution in [0.1, 0.15) is 23.0 Å². The van der Waals surface area contributed by atoms with Gasteiger partial charge in [0.25, 0.3) is 0 Å². The highest BCUT2D eigenvalue weighted by Gasteiger charge is 2.23. The third kappa shape index (κ3) is 3.70. The van der Waals surface area contributed by atoms with Gasteiger partial charge in [-0.2, -0.15) is 5.26 Å². The van der Waals surface area contributed by atoms with Crippen LogP contribution in [0.2, 0.25) is 0 Å². The van der Waals surface area contributed by atoms with Gasteiger partial charge in [-0.15, -0.1) is 0 Å². The molecule has 7 heteroatoms. The van der Waals surface area contributed by atoms with Crippen LogP contribution in [0.5, 0.6) is 0 Å². The molecule has 0 aliphatic rings. The number of nitriles is 1. The predicted molar refractivity (Wildman–Crippen MR) is 94.8 cm³/mol. The Morgan fingerprint density at radius 2 is 1.96 bits per heavy atom. The molecule has 0 saturated heterocycles. The van der Waals surface area contributed by atoms with E-state index in [0.717, 1.165) is 0 Å². The number of benzene rings is 2. The van der Waals surface area contributed by atoms with Crippen LogP contribution < -0.4 is 10.6 Å². The fourth-order valence-electron chi connectivity index (χ4n) is 2.57. The van der Waals surface area contributed by atoms with Gasteiger partial charge in [-0.3, -0.25) is 0 Å². The minimum Gasteiger partial charge on any atom is -0.336 e. The fourth-order valence-corrected chi connectivity index (χ4v) is 2.57. The van der Waals surface area contributed by atoms with E-state index >= 15 is 0 Å². The molecule has 2 N–H and O–H groups in total. The van der Waals surface area contributed by atoms with E-state index in [-0.39, 0.29) is 0 Å². The van der Waals surface area contributed by atoms with Gasteiger partial charge in [0, 0.05) is 30.7 Å². The van der Waals surface area contributed by atoms with Crippen molar-refractivity contribution in [3.05, 3.63) is 83.7 Å². The number of carbonyl (C=O) groups excluding carboxylic acids is 1. The Hall–Kier alpha value is -3.66. The summed E-state index contributed by atoms with van der Waals surface area (Å²) in [6.07, 6.45) is 3.31. The number of rotatable bonds is 4. The summed E-state index contributed by atoms with van der Waals surface area (Å²) in [7, 11) is 1.77. The molecule has 130 valence electrons. The van der Waals surface area contributed by atoms with E-state index in [0.29, 0.717) is 22.6 Å². The van der Waals surface area contributed by atoms with Gasteiger partial charge in [0.1, 0.15) is 17.7 Å². The third-order valence-corrected chi connectivity index (χ3v) is 3.88. The second kappa shape index (κ2) is 7.49. The first kappa shape index (κ1) is 17.2. The van der Waals surface area contributed by atoms with E-state index in [4.69, 9.17) is 5.26 Å². The molecule has 0 bridgehead atoms. The molecular weight excluding hydrogens is 333 g/mol. The Labute approximate surface area is 149 Å². The molecule has 3 aromatic rings. The van der Waals surface area contributed by atoms with Gasteiger partial charge in [-0.05, 0) is 30.3 Å². The van der Waals surface area contributed by atoms with Crippen LogP contribution in [0, 0.1) is 17.1 Å². The largest absolute Gasteiger partial charge is 0.336 e. The van der Waals surface area contributed by atoms with Crippen LogP contribution in [0.4, 0.5) is 14.9 Å². The van der Waals surface area contributed by atoms with E-state index in [9.17, 15) is 9.18 Å². The van der Waals surface area contributed by atoms with Crippen LogP contribution in [0.3, 0.4) is 0 Å². The molecule has 1 atom stereocenters. The van der Waals surface area contributed by atoms with Crippen molar-refractivity contribution >= 4 is 11.7 Å². The van der Waals surface area contributed by atoms with Crippen molar-refractivity contribution in [2.75, 3.05) is 5.32 Å². The van der Waals surface area contributed by atoms with E-state index < -0.39 is 17.9 Å². The Balaban J connectivity index is 1.84. The number of nitrogens with zero attached hydrogens (tertiary/aromatic N) is 3. The standard InChI is InChI=1S/C19H16FN5O/c1-25-11-10-22-18(25)17(15-4-2-3-5-16(15)20)24-19(26)23-14-8-6-13(12-21)7-9-14/h2-11,17H,1H3,(H2,23,24,26)/t17-/m0/s1. The van der Waals surface area contributed by atoms with Gasteiger partial charge in [0.15, 0.2) is 0 Å². The molecule has 0 fully saturated rings. The summed E-state index contributed by atoms with van der Waals surface area (Å²) in [5.41, 5.74) is 1.33. The lowest BCUT2D eigenvalue weighted by Gasteiger charge is -2.20. The van der Waals surface area contributed by atoms with Crippen molar-refractivity contribution in [3.63, 3.8) is 0 Å². The summed E-state index contributed by atoms with van der Waals surface area (Å²) in [6.45, 7) is 0. The van der Waals surface area contributed by atoms with E-state index in [1.165, 1.54) is 6.07 Å². The number of urea groups is 1. The van der Waals surface area contributed by atoms with Crippen LogP contribution in [-0.4, -0.2) is 15.6 Å². The summed E-state index contributed by atoms with van der Waals surface area (Å²) < 4.78 is 16.0. The summed E-state index contributed by atoms with van der Waals surface area (Å²) >= 11 is 0. The zero-order chi connectivity index (χ0) is 18.5. The first-order valence-corrected chi connectivity index (χ1v) is 7.88. The summed E-state index contributed by atoms with van der Waals surface area (Å²) in [6, 6.07) is 13.4. The summed E-state index contributed by atoms with van der Waals surface area (Å²) in [5, 5.41) is 14.2. The number of aryl methyl sites for hydroxylation is 1. The molecule has 2 amide bonds. The number of imidazole rings is 1. The third-order valence-electron chi connectivity index (χ3n) is 3.88. The molecule has 1 heterocycles. The highest BCUT2D eigenvalue weighted by Crippen LogP contribution is 2.23. The summed E-state index contributed by atoms with van der Waals surface area (Å²) in [4.78, 5) is 16.7. The quantitative estimate of drug-likeness (QED) is 0.758. The maximum atomic E-state index is 14.3. The van der Waals surface area contributed by atoms with Gasteiger partial charge < -0.3 is 15.2 Å². The molecule has 0 saturated carbocycles. The molecule has 1 aromatic heterocycles. The van der Waals surface area contributed by atoms with Crippen molar-refractivity contribution in [2.24, 2.45) is 7.05 Å². The number of aromatic nitrogens is 2. The average molecular weight is 349 g/mol. The molecule has 0 aliphatic heterocycles. The van der Waals surface area contributed by atoms with Crippen molar-refractivity contribution in [1.82, 2.24) is 14.9 Å². The number of hydrogen-bond donors (Lipinski definition) is 2. The maximum Gasteiger partial charge on any atom is 0.320 e. The first-order chi connectivity index (χ1) is 12.6. The number of halogens is 1. The Morgan fingerprint density at radius 1 is 1.23 bits per heavy atom. The van der Waals surface area contributed by atoms with Gasteiger partial charge >= 0.3 is 6.03 Å². The normalized spacial score (nSPS) is 11.4. The first-order valence-electron chi connectivity index (χ1n) is 7.88. The van der Waals surface area contributed by atoms with Gasteiger partial charge in [0.05, 0.1) is 11.6 Å². The lowest BCUT2D eigenvalue weighted by atomic mass is 10.1. The number of anilines is 1. The lowest BCUT2D eigenvalue weighted by molar-refractivity contribution is 0.249. The molecule has 0 radical (unpaired) electrons. The molecule has 2 aromatic carbocycles. The maximum absolute atomic E-state index is 14.3. The van der Waals surface area contributed by atoms with Crippen LogP contribution in [0.25, 0.3) is 0 Å². The molecular formula is C19H16FN5O. The monoisotopic (exact) mass is 349 g/mol. The van der Waals surface area contributed by atoms with Crippen LogP contribution in [0.15, 0.2) is 60.9 Å². The fraction of sp³-hybridized carbons (Fsp3) is 0.105. The van der Waals surface area contributed by atoms with E-state index in [1.54, 1.807) is 66.5 Å². The number of hydrogen-bond acceptors (Lipinski definition) is 3. The summed E-state index contributed by atoms with van der Waals surface area (Å²) in [5.74, 6) is 0.0734. The molecule has 3 rings (SSSR count). The Morgan fingerprint density at radius 3 is 2.58 bits per heavy atom. The molecule has 0 aliphatic carbocycles. The molecule has 0 spiro atoms.